The number of aromatic nitrogens is 1. The first-order valence-corrected chi connectivity index (χ1v) is 2.92. The normalized spacial score (nSPS) is 9.30. The molecule has 0 amide bonds. The Morgan fingerprint density at radius 2 is 2.70 bits per heavy atom. The summed E-state index contributed by atoms with van der Waals surface area (Å²) in [6.07, 6.45) is 1.99. The highest BCUT2D eigenvalue weighted by molar-refractivity contribution is 5.45. The van der Waals surface area contributed by atoms with E-state index >= 15 is 0 Å². The first kappa shape index (κ1) is 6.80. The number of aryl methyl sites for hydroxylation is 1. The molecule has 0 aliphatic rings. The highest BCUT2D eigenvalue weighted by Gasteiger charge is 2.04. The van der Waals surface area contributed by atoms with Crippen molar-refractivity contribution in [3.8, 4) is 5.75 Å². The lowest BCUT2D eigenvalue weighted by Crippen LogP contribution is -1.90. The van der Waals surface area contributed by atoms with E-state index in [1.807, 2.05) is 6.92 Å². The van der Waals surface area contributed by atoms with Gasteiger partial charge < -0.3 is 9.26 Å². The molecule has 10 heavy (non-hydrogen) atoms. The van der Waals surface area contributed by atoms with E-state index in [1.165, 1.54) is 6.26 Å². The van der Waals surface area contributed by atoms with Crippen molar-refractivity contribution in [2.24, 2.45) is 0 Å². The summed E-state index contributed by atoms with van der Waals surface area (Å²) in [5.74, 6) is 0.400. The molecule has 1 rings (SSSR count). The molecular weight excluding hydrogens is 134 g/mol. The molecule has 1 aromatic rings. The lowest BCUT2D eigenvalue weighted by atomic mass is 10.3. The van der Waals surface area contributed by atoms with Crippen LogP contribution < -0.4 is 4.74 Å². The number of carbonyl (C=O) groups is 1. The number of hydrogen-bond donors (Lipinski definition) is 0. The van der Waals surface area contributed by atoms with Crippen molar-refractivity contribution in [3.05, 3.63) is 12.0 Å². The third-order valence-electron chi connectivity index (χ3n) is 1.12. The SMILES string of the molecule is CCc1nocc1OC=O. The fraction of sp³-hybridized carbons (Fsp3) is 0.333. The average molecular weight is 141 g/mol. The topological polar surface area (TPSA) is 52.3 Å². The van der Waals surface area contributed by atoms with E-state index in [0.717, 1.165) is 0 Å². The Bertz CT molecular complexity index is 219. The Kier molecular flexibility index (Phi) is 2.04. The van der Waals surface area contributed by atoms with Gasteiger partial charge in [0.25, 0.3) is 6.47 Å². The third kappa shape index (κ3) is 1.15. The Balaban J connectivity index is 2.79. The predicted octanol–water partition coefficient (Wildman–Crippen LogP) is 0.772. The van der Waals surface area contributed by atoms with Gasteiger partial charge in [0, 0.05) is 0 Å². The van der Waals surface area contributed by atoms with E-state index in [4.69, 9.17) is 0 Å². The summed E-state index contributed by atoms with van der Waals surface area (Å²) in [6.45, 7) is 2.25. The van der Waals surface area contributed by atoms with Crippen LogP contribution in [0.1, 0.15) is 12.6 Å². The fourth-order valence-electron chi connectivity index (χ4n) is 0.637. The van der Waals surface area contributed by atoms with Crippen molar-refractivity contribution in [3.63, 3.8) is 0 Å². The lowest BCUT2D eigenvalue weighted by molar-refractivity contribution is -0.120. The molecule has 0 atom stereocenters. The van der Waals surface area contributed by atoms with Crippen molar-refractivity contribution in [1.29, 1.82) is 0 Å². The zero-order chi connectivity index (χ0) is 7.40. The summed E-state index contributed by atoms with van der Waals surface area (Å²) >= 11 is 0. The molecule has 1 aromatic heterocycles. The van der Waals surface area contributed by atoms with Crippen LogP contribution in [0.2, 0.25) is 0 Å². The van der Waals surface area contributed by atoms with Crippen LogP contribution >= 0.6 is 0 Å². The van der Waals surface area contributed by atoms with Crippen molar-refractivity contribution >= 4 is 6.47 Å². The Hall–Kier alpha value is -1.32. The van der Waals surface area contributed by atoms with Gasteiger partial charge >= 0.3 is 0 Å². The van der Waals surface area contributed by atoms with Crippen LogP contribution in [-0.2, 0) is 11.2 Å². The molecule has 0 fully saturated rings. The maximum atomic E-state index is 9.85. The molecule has 0 saturated heterocycles. The molecule has 0 aliphatic carbocycles. The summed E-state index contributed by atoms with van der Waals surface area (Å²) in [5.41, 5.74) is 0.659. The Morgan fingerprint density at radius 1 is 1.90 bits per heavy atom. The van der Waals surface area contributed by atoms with Gasteiger partial charge in [-0.3, -0.25) is 4.79 Å². The number of carbonyl (C=O) groups excluding carboxylic acids is 1. The van der Waals surface area contributed by atoms with E-state index in [0.29, 0.717) is 24.3 Å². The summed E-state index contributed by atoms with van der Waals surface area (Å²) in [7, 11) is 0. The van der Waals surface area contributed by atoms with E-state index in [-0.39, 0.29) is 0 Å². The lowest BCUT2D eigenvalue weighted by Gasteiger charge is -1.90. The minimum atomic E-state index is 0.353. The second-order valence-corrected chi connectivity index (χ2v) is 1.69. The van der Waals surface area contributed by atoms with Crippen molar-refractivity contribution < 1.29 is 14.1 Å². The van der Waals surface area contributed by atoms with Crippen LogP contribution in [0.4, 0.5) is 0 Å². The van der Waals surface area contributed by atoms with Crippen LogP contribution in [0.25, 0.3) is 0 Å². The molecule has 0 radical (unpaired) electrons. The fourth-order valence-corrected chi connectivity index (χ4v) is 0.637. The molecule has 54 valence electrons. The first-order valence-electron chi connectivity index (χ1n) is 2.92. The first-order chi connectivity index (χ1) is 4.88. The average Bonchev–Trinajstić information content (AvgIpc) is 2.36. The van der Waals surface area contributed by atoms with Gasteiger partial charge in [0.2, 0.25) is 0 Å². The molecular formula is C6H7NO3. The second kappa shape index (κ2) is 3.00. The highest BCUT2D eigenvalue weighted by atomic mass is 16.5. The second-order valence-electron chi connectivity index (χ2n) is 1.69. The maximum Gasteiger partial charge on any atom is 0.298 e. The van der Waals surface area contributed by atoms with Crippen molar-refractivity contribution in [2.75, 3.05) is 0 Å². The summed E-state index contributed by atoms with van der Waals surface area (Å²) in [5, 5.41) is 3.59. The number of nitrogens with zero attached hydrogens (tertiary/aromatic N) is 1. The zero-order valence-corrected chi connectivity index (χ0v) is 5.53. The van der Waals surface area contributed by atoms with Crippen LogP contribution in [0.3, 0.4) is 0 Å². The van der Waals surface area contributed by atoms with Gasteiger partial charge in [-0.1, -0.05) is 12.1 Å². The molecule has 0 saturated carbocycles. The molecule has 1 heterocycles. The standard InChI is InChI=1S/C6H7NO3/c1-2-5-6(9-4-8)3-10-7-5/h3-4H,2H2,1H3. The molecule has 0 aromatic carbocycles. The van der Waals surface area contributed by atoms with Crippen LogP contribution in [-0.4, -0.2) is 11.6 Å². The largest absolute Gasteiger partial charge is 0.423 e. The molecule has 0 unspecified atom stereocenters. The third-order valence-corrected chi connectivity index (χ3v) is 1.12. The van der Waals surface area contributed by atoms with Gasteiger partial charge in [-0.2, -0.15) is 0 Å². The minimum Gasteiger partial charge on any atom is -0.423 e. The highest BCUT2D eigenvalue weighted by Crippen LogP contribution is 2.15. The predicted molar refractivity (Wildman–Crippen MR) is 32.6 cm³/mol. The molecule has 0 aliphatic heterocycles. The van der Waals surface area contributed by atoms with Crippen LogP contribution in [0, 0.1) is 0 Å². The number of hydrogen-bond acceptors (Lipinski definition) is 4. The Labute approximate surface area is 57.8 Å². The van der Waals surface area contributed by atoms with Gasteiger partial charge in [-0.25, -0.2) is 0 Å². The minimum absolute atomic E-state index is 0.353. The summed E-state index contributed by atoms with van der Waals surface area (Å²) in [4.78, 5) is 9.85. The summed E-state index contributed by atoms with van der Waals surface area (Å²) < 4.78 is 9.09. The van der Waals surface area contributed by atoms with Gasteiger partial charge in [0.15, 0.2) is 12.0 Å². The van der Waals surface area contributed by atoms with Gasteiger partial charge in [-0.15, -0.1) is 0 Å². The molecule has 0 spiro atoms. The van der Waals surface area contributed by atoms with Gasteiger partial charge in [-0.05, 0) is 6.42 Å². The van der Waals surface area contributed by atoms with E-state index < -0.39 is 0 Å². The van der Waals surface area contributed by atoms with Crippen molar-refractivity contribution in [2.45, 2.75) is 13.3 Å². The molecule has 4 nitrogen and oxygen atoms in total. The van der Waals surface area contributed by atoms with Gasteiger partial charge in [0.1, 0.15) is 5.69 Å². The molecule has 0 N–H and O–H groups in total. The van der Waals surface area contributed by atoms with Crippen LogP contribution in [0.5, 0.6) is 5.75 Å². The molecule has 4 heteroatoms. The van der Waals surface area contributed by atoms with Crippen molar-refractivity contribution in [1.82, 2.24) is 5.16 Å². The monoisotopic (exact) mass is 141 g/mol. The van der Waals surface area contributed by atoms with E-state index in [2.05, 4.69) is 14.4 Å². The maximum absolute atomic E-state index is 9.85. The van der Waals surface area contributed by atoms with Crippen LogP contribution in [0.15, 0.2) is 10.8 Å². The number of rotatable bonds is 3. The molecule has 0 bridgehead atoms. The van der Waals surface area contributed by atoms with E-state index in [9.17, 15) is 4.79 Å². The number of ether oxygens (including phenoxy) is 1. The van der Waals surface area contributed by atoms with E-state index in [1.54, 1.807) is 0 Å². The Morgan fingerprint density at radius 3 is 3.30 bits per heavy atom. The quantitative estimate of drug-likeness (QED) is 0.583. The zero-order valence-electron chi connectivity index (χ0n) is 5.53. The smallest absolute Gasteiger partial charge is 0.298 e. The summed E-state index contributed by atoms with van der Waals surface area (Å²) in [6, 6.07) is 0. The van der Waals surface area contributed by atoms with Gasteiger partial charge in [0.05, 0.1) is 0 Å².